The van der Waals surface area contributed by atoms with Crippen LogP contribution in [0.4, 0.5) is 0 Å². The maximum Gasteiger partial charge on any atom is 0.326 e. The predicted molar refractivity (Wildman–Crippen MR) is 92.7 cm³/mol. The van der Waals surface area contributed by atoms with Crippen LogP contribution in [0.2, 0.25) is 0 Å². The van der Waals surface area contributed by atoms with Crippen molar-refractivity contribution in [3.63, 3.8) is 0 Å². The summed E-state index contributed by atoms with van der Waals surface area (Å²) >= 11 is 0. The summed E-state index contributed by atoms with van der Waals surface area (Å²) in [6, 6.07) is 4.53. The summed E-state index contributed by atoms with van der Waals surface area (Å²) in [4.78, 5) is 23.5. The summed E-state index contributed by atoms with van der Waals surface area (Å²) in [7, 11) is -3.62. The number of nitrogens with one attached hydrogen (secondary N) is 2. The topological polar surface area (TPSA) is 113 Å². The Labute approximate surface area is 147 Å². The van der Waals surface area contributed by atoms with Crippen molar-refractivity contribution in [1.29, 1.82) is 0 Å². The maximum atomic E-state index is 12.2. The van der Waals surface area contributed by atoms with E-state index in [1.165, 1.54) is 24.3 Å². The number of aliphatic carboxylic acids is 1. The first-order chi connectivity index (χ1) is 11.7. The summed E-state index contributed by atoms with van der Waals surface area (Å²) in [5, 5.41) is 11.7. The first kappa shape index (κ1) is 19.4. The Morgan fingerprint density at radius 2 is 1.80 bits per heavy atom. The largest absolute Gasteiger partial charge is 0.480 e. The van der Waals surface area contributed by atoms with Gasteiger partial charge in [0, 0.05) is 12.1 Å². The van der Waals surface area contributed by atoms with Gasteiger partial charge in [-0.2, -0.15) is 0 Å². The van der Waals surface area contributed by atoms with Crippen molar-refractivity contribution >= 4 is 21.9 Å². The van der Waals surface area contributed by atoms with Crippen molar-refractivity contribution in [3.8, 4) is 0 Å². The third kappa shape index (κ3) is 5.82. The van der Waals surface area contributed by atoms with Crippen LogP contribution in [0.25, 0.3) is 0 Å². The monoisotopic (exact) mass is 368 g/mol. The molecule has 0 aliphatic heterocycles. The molecule has 138 valence electrons. The zero-order valence-electron chi connectivity index (χ0n) is 14.4. The third-order valence-corrected chi connectivity index (χ3v) is 5.42. The molecule has 1 aliphatic carbocycles. The van der Waals surface area contributed by atoms with Crippen LogP contribution in [-0.4, -0.2) is 38.0 Å². The Morgan fingerprint density at radius 3 is 2.28 bits per heavy atom. The first-order valence-corrected chi connectivity index (χ1v) is 9.80. The molecule has 1 fully saturated rings. The van der Waals surface area contributed by atoms with Gasteiger partial charge in [-0.15, -0.1) is 0 Å². The average Bonchev–Trinajstić information content (AvgIpc) is 3.36. The number of carbonyl (C=O) groups excluding carboxylic acids is 1. The summed E-state index contributed by atoms with van der Waals surface area (Å²) in [6.45, 7) is 4.12. The van der Waals surface area contributed by atoms with Crippen LogP contribution < -0.4 is 10.0 Å². The maximum absolute atomic E-state index is 12.2. The zero-order chi connectivity index (χ0) is 18.6. The van der Waals surface area contributed by atoms with Crippen LogP contribution in [0.3, 0.4) is 0 Å². The number of amides is 1. The van der Waals surface area contributed by atoms with Crippen LogP contribution >= 0.6 is 0 Å². The minimum Gasteiger partial charge on any atom is -0.480 e. The Bertz CT molecular complexity index is 724. The minimum absolute atomic E-state index is 0.0671. The van der Waals surface area contributed by atoms with Gasteiger partial charge in [0.05, 0.1) is 4.90 Å². The third-order valence-electron chi connectivity index (χ3n) is 3.98. The van der Waals surface area contributed by atoms with Gasteiger partial charge in [-0.1, -0.05) is 26.7 Å². The molecule has 1 unspecified atom stereocenters. The average molecular weight is 368 g/mol. The molecular formula is C17H24N2O5S. The number of carbonyl (C=O) groups is 2. The highest BCUT2D eigenvalue weighted by Crippen LogP contribution is 2.33. The van der Waals surface area contributed by atoms with E-state index in [0.717, 1.165) is 12.8 Å². The first-order valence-electron chi connectivity index (χ1n) is 8.32. The van der Waals surface area contributed by atoms with Gasteiger partial charge in [0.25, 0.3) is 5.91 Å². The molecular weight excluding hydrogens is 344 g/mol. The molecule has 1 atom stereocenters. The SMILES string of the molecule is CC(C)CNS(=O)(=O)c1ccc(C(=O)NC(CC2CC2)C(=O)O)cc1. The van der Waals surface area contributed by atoms with Crippen LogP contribution in [0.1, 0.15) is 43.5 Å². The Kier molecular flexibility index (Phi) is 6.18. The van der Waals surface area contributed by atoms with E-state index in [1.807, 2.05) is 13.8 Å². The molecule has 3 N–H and O–H groups in total. The molecule has 1 saturated carbocycles. The molecule has 0 spiro atoms. The van der Waals surface area contributed by atoms with Gasteiger partial charge < -0.3 is 10.4 Å². The second kappa shape index (κ2) is 7.97. The zero-order valence-corrected chi connectivity index (χ0v) is 15.2. The van der Waals surface area contributed by atoms with Crippen LogP contribution in [0, 0.1) is 11.8 Å². The number of carboxylic acids is 1. The fraction of sp³-hybridized carbons (Fsp3) is 0.529. The molecule has 0 radical (unpaired) electrons. The Balaban J connectivity index is 2.02. The number of hydrogen-bond acceptors (Lipinski definition) is 4. The van der Waals surface area contributed by atoms with E-state index in [1.54, 1.807) is 0 Å². The van der Waals surface area contributed by atoms with Gasteiger partial charge in [0.2, 0.25) is 10.0 Å². The fourth-order valence-corrected chi connectivity index (χ4v) is 3.51. The van der Waals surface area contributed by atoms with E-state index in [-0.39, 0.29) is 16.4 Å². The van der Waals surface area contributed by atoms with Gasteiger partial charge in [0.1, 0.15) is 6.04 Å². The van der Waals surface area contributed by atoms with Gasteiger partial charge >= 0.3 is 5.97 Å². The van der Waals surface area contributed by atoms with Gasteiger partial charge in [-0.05, 0) is 42.5 Å². The Morgan fingerprint density at radius 1 is 1.20 bits per heavy atom. The highest BCUT2D eigenvalue weighted by Gasteiger charge is 2.30. The van der Waals surface area contributed by atoms with E-state index in [2.05, 4.69) is 10.0 Å². The number of benzene rings is 1. The summed E-state index contributed by atoms with van der Waals surface area (Å²) < 4.78 is 26.7. The normalized spacial score (nSPS) is 15.8. The van der Waals surface area contributed by atoms with E-state index in [0.29, 0.717) is 18.9 Å². The summed E-state index contributed by atoms with van der Waals surface area (Å²) in [6.07, 6.45) is 2.41. The van der Waals surface area contributed by atoms with E-state index in [9.17, 15) is 23.1 Å². The fourth-order valence-electron chi connectivity index (χ4n) is 2.30. The van der Waals surface area contributed by atoms with Gasteiger partial charge in [-0.3, -0.25) is 4.79 Å². The molecule has 0 heterocycles. The van der Waals surface area contributed by atoms with Crippen LogP contribution in [0.5, 0.6) is 0 Å². The molecule has 1 aliphatic rings. The molecule has 1 aromatic carbocycles. The molecule has 1 amide bonds. The molecule has 8 heteroatoms. The van der Waals surface area contributed by atoms with Gasteiger partial charge in [-0.25, -0.2) is 17.9 Å². The lowest BCUT2D eigenvalue weighted by atomic mass is 10.1. The van der Waals surface area contributed by atoms with Crippen molar-refractivity contribution in [2.24, 2.45) is 11.8 Å². The van der Waals surface area contributed by atoms with Crippen molar-refractivity contribution in [3.05, 3.63) is 29.8 Å². The molecule has 0 aromatic heterocycles. The number of carboxylic acid groups (broad SMARTS) is 1. The van der Waals surface area contributed by atoms with Crippen molar-refractivity contribution in [2.75, 3.05) is 6.54 Å². The molecule has 2 rings (SSSR count). The summed E-state index contributed by atoms with van der Waals surface area (Å²) in [5.74, 6) is -1.04. The number of hydrogen-bond donors (Lipinski definition) is 3. The summed E-state index contributed by atoms with van der Waals surface area (Å²) in [5.41, 5.74) is 0.227. The predicted octanol–water partition coefficient (Wildman–Crippen LogP) is 1.60. The lowest BCUT2D eigenvalue weighted by Gasteiger charge is -2.14. The molecule has 1 aromatic rings. The quantitative estimate of drug-likeness (QED) is 0.613. The van der Waals surface area contributed by atoms with Crippen LogP contribution in [-0.2, 0) is 14.8 Å². The highest BCUT2D eigenvalue weighted by molar-refractivity contribution is 7.89. The molecule has 25 heavy (non-hydrogen) atoms. The smallest absolute Gasteiger partial charge is 0.326 e. The van der Waals surface area contributed by atoms with E-state index in [4.69, 9.17) is 0 Å². The molecule has 0 bridgehead atoms. The van der Waals surface area contributed by atoms with Crippen molar-refractivity contribution in [1.82, 2.24) is 10.0 Å². The molecule has 7 nitrogen and oxygen atoms in total. The van der Waals surface area contributed by atoms with E-state index < -0.39 is 27.9 Å². The van der Waals surface area contributed by atoms with Crippen molar-refractivity contribution in [2.45, 2.75) is 44.0 Å². The van der Waals surface area contributed by atoms with Crippen molar-refractivity contribution < 1.29 is 23.1 Å². The highest BCUT2D eigenvalue weighted by atomic mass is 32.2. The second-order valence-electron chi connectivity index (χ2n) is 6.81. The van der Waals surface area contributed by atoms with E-state index >= 15 is 0 Å². The second-order valence-corrected chi connectivity index (χ2v) is 8.58. The van der Waals surface area contributed by atoms with Gasteiger partial charge in [0.15, 0.2) is 0 Å². The minimum atomic E-state index is -3.62. The standard InChI is InChI=1S/C17H24N2O5S/c1-11(2)10-18-25(23,24)14-7-5-13(6-8-14)16(20)19-15(17(21)22)9-12-3-4-12/h5-8,11-12,15,18H,3-4,9-10H2,1-2H3,(H,19,20)(H,21,22). The molecule has 0 saturated heterocycles. The lowest BCUT2D eigenvalue weighted by Crippen LogP contribution is -2.41. The lowest BCUT2D eigenvalue weighted by molar-refractivity contribution is -0.139. The Hall–Kier alpha value is -1.93. The number of rotatable bonds is 9. The van der Waals surface area contributed by atoms with Crippen LogP contribution in [0.15, 0.2) is 29.2 Å². The number of sulfonamides is 1.